The lowest BCUT2D eigenvalue weighted by atomic mass is 10.1. The van der Waals surface area contributed by atoms with Crippen LogP contribution in [0.2, 0.25) is 0 Å². The van der Waals surface area contributed by atoms with Crippen LogP contribution in [0.15, 0.2) is 35.0 Å². The van der Waals surface area contributed by atoms with Crippen LogP contribution >= 0.6 is 0 Å². The van der Waals surface area contributed by atoms with E-state index in [-0.39, 0.29) is 18.0 Å². The third-order valence-electron chi connectivity index (χ3n) is 2.88. The highest BCUT2D eigenvalue weighted by Crippen LogP contribution is 2.23. The number of ether oxygens (including phenoxy) is 1. The number of para-hydroxylation sites is 1. The zero-order valence-corrected chi connectivity index (χ0v) is 11.2. The lowest BCUT2D eigenvalue weighted by Gasteiger charge is -2.13. The first kappa shape index (κ1) is 13.8. The highest BCUT2D eigenvalue weighted by Gasteiger charge is 2.29. The normalized spacial score (nSPS) is 16.5. The quantitative estimate of drug-likeness (QED) is 0.662. The number of phenols is 1. The van der Waals surface area contributed by atoms with Crippen LogP contribution in [0.5, 0.6) is 5.75 Å². The van der Waals surface area contributed by atoms with Gasteiger partial charge in [0.1, 0.15) is 23.8 Å². The molecule has 0 unspecified atom stereocenters. The van der Waals surface area contributed by atoms with Crippen LogP contribution in [-0.4, -0.2) is 41.4 Å². The molecule has 1 aliphatic heterocycles. The number of aliphatic imine (C=N–C) groups is 1. The molecule has 0 fully saturated rings. The van der Waals surface area contributed by atoms with Gasteiger partial charge in [-0.25, -0.2) is 4.99 Å². The van der Waals surface area contributed by atoms with Gasteiger partial charge >= 0.3 is 5.97 Å². The summed E-state index contributed by atoms with van der Waals surface area (Å²) in [6.07, 6.45) is 1.48. The highest BCUT2D eigenvalue weighted by atomic mass is 16.5. The molecule has 0 saturated carbocycles. The number of phenolic OH excluding ortho intramolecular Hbond substituents is 1. The van der Waals surface area contributed by atoms with Gasteiger partial charge in [0.05, 0.1) is 7.11 Å². The van der Waals surface area contributed by atoms with Crippen molar-refractivity contribution in [3.63, 3.8) is 0 Å². The number of amidine groups is 1. The maximum atomic E-state index is 12.1. The second kappa shape index (κ2) is 5.56. The van der Waals surface area contributed by atoms with Crippen molar-refractivity contribution in [1.29, 1.82) is 0 Å². The van der Waals surface area contributed by atoms with Gasteiger partial charge in [-0.3, -0.25) is 14.5 Å². The number of methoxy groups -OCH3 is 1. The number of rotatable bonds is 3. The third-order valence-corrected chi connectivity index (χ3v) is 2.88. The Bertz CT molecular complexity index is 619. The van der Waals surface area contributed by atoms with Crippen LogP contribution in [0.1, 0.15) is 12.5 Å². The predicted octanol–water partition coefficient (Wildman–Crippen LogP) is 1.17. The SMILES string of the molecule is COC(=O)CN1C(=O)/C(=C/c2ccccc2O)N=C1C. The second-order valence-electron chi connectivity index (χ2n) is 4.21. The summed E-state index contributed by atoms with van der Waals surface area (Å²) in [5, 5.41) is 9.68. The van der Waals surface area contributed by atoms with Gasteiger partial charge in [0.15, 0.2) is 0 Å². The average molecular weight is 274 g/mol. The summed E-state index contributed by atoms with van der Waals surface area (Å²) in [6.45, 7) is 1.45. The number of esters is 1. The molecule has 1 amide bonds. The molecule has 1 N–H and O–H groups in total. The molecule has 0 aliphatic carbocycles. The number of amides is 1. The highest BCUT2D eigenvalue weighted by molar-refractivity contribution is 6.14. The van der Waals surface area contributed by atoms with Gasteiger partial charge in [0.2, 0.25) is 0 Å². The molecule has 0 atom stereocenters. The maximum absolute atomic E-state index is 12.1. The molecule has 0 aromatic heterocycles. The van der Waals surface area contributed by atoms with Crippen LogP contribution in [0.4, 0.5) is 0 Å². The largest absolute Gasteiger partial charge is 0.507 e. The first-order valence-corrected chi connectivity index (χ1v) is 5.96. The molecule has 1 aromatic rings. The molecule has 20 heavy (non-hydrogen) atoms. The summed E-state index contributed by atoms with van der Waals surface area (Å²) in [6, 6.07) is 6.62. The predicted molar refractivity (Wildman–Crippen MR) is 72.9 cm³/mol. The van der Waals surface area contributed by atoms with Crippen LogP contribution in [0.3, 0.4) is 0 Å². The lowest BCUT2D eigenvalue weighted by Crippen LogP contribution is -2.35. The molecule has 1 aromatic carbocycles. The summed E-state index contributed by atoms with van der Waals surface area (Å²) in [5.41, 5.74) is 0.667. The summed E-state index contributed by atoms with van der Waals surface area (Å²) >= 11 is 0. The number of carbonyl (C=O) groups is 2. The van der Waals surface area contributed by atoms with Gasteiger partial charge in [-0.05, 0) is 19.1 Å². The molecule has 104 valence electrons. The number of hydrogen-bond donors (Lipinski definition) is 1. The van der Waals surface area contributed by atoms with Gasteiger partial charge in [-0.15, -0.1) is 0 Å². The van der Waals surface area contributed by atoms with Crippen molar-refractivity contribution in [3.8, 4) is 5.75 Å². The van der Waals surface area contributed by atoms with E-state index in [1.807, 2.05) is 0 Å². The summed E-state index contributed by atoms with van der Waals surface area (Å²) in [4.78, 5) is 28.7. The van der Waals surface area contributed by atoms with Crippen LogP contribution in [-0.2, 0) is 14.3 Å². The number of hydrogen-bond acceptors (Lipinski definition) is 5. The Morgan fingerprint density at radius 1 is 1.45 bits per heavy atom. The second-order valence-corrected chi connectivity index (χ2v) is 4.21. The number of benzene rings is 1. The first-order valence-electron chi connectivity index (χ1n) is 5.96. The minimum absolute atomic E-state index is 0.0621. The van der Waals surface area contributed by atoms with E-state index in [1.54, 1.807) is 25.1 Å². The summed E-state index contributed by atoms with van der Waals surface area (Å²) in [7, 11) is 1.26. The smallest absolute Gasteiger partial charge is 0.325 e. The molecular formula is C14H14N2O4. The van der Waals surface area contributed by atoms with Gasteiger partial charge in [0.25, 0.3) is 5.91 Å². The van der Waals surface area contributed by atoms with E-state index < -0.39 is 11.9 Å². The minimum Gasteiger partial charge on any atom is -0.507 e. The fourth-order valence-electron chi connectivity index (χ4n) is 1.80. The monoisotopic (exact) mass is 274 g/mol. The summed E-state index contributed by atoms with van der Waals surface area (Å²) in [5.74, 6) is -0.429. The lowest BCUT2D eigenvalue weighted by molar-refractivity contribution is -0.143. The molecule has 0 spiro atoms. The van der Waals surface area contributed by atoms with Gasteiger partial charge in [-0.1, -0.05) is 18.2 Å². The van der Waals surface area contributed by atoms with E-state index >= 15 is 0 Å². The van der Waals surface area contributed by atoms with E-state index in [2.05, 4.69) is 9.73 Å². The first-order chi connectivity index (χ1) is 9.52. The average Bonchev–Trinajstić information content (AvgIpc) is 2.69. The Hall–Kier alpha value is -2.63. The Kier molecular flexibility index (Phi) is 3.84. The van der Waals surface area contributed by atoms with Crippen molar-refractivity contribution in [1.82, 2.24) is 4.90 Å². The number of carbonyl (C=O) groups excluding carboxylic acids is 2. The van der Waals surface area contributed by atoms with E-state index in [0.717, 1.165) is 0 Å². The minimum atomic E-state index is -0.517. The van der Waals surface area contributed by atoms with Crippen molar-refractivity contribution in [3.05, 3.63) is 35.5 Å². The molecule has 1 aliphatic rings. The molecule has 0 bridgehead atoms. The van der Waals surface area contributed by atoms with E-state index in [9.17, 15) is 14.7 Å². The number of nitrogens with zero attached hydrogens (tertiary/aromatic N) is 2. The zero-order chi connectivity index (χ0) is 14.7. The Morgan fingerprint density at radius 3 is 2.80 bits per heavy atom. The van der Waals surface area contributed by atoms with Crippen molar-refractivity contribution in [2.45, 2.75) is 6.92 Å². The molecular weight excluding hydrogens is 260 g/mol. The van der Waals surface area contributed by atoms with Crippen LogP contribution < -0.4 is 0 Å². The van der Waals surface area contributed by atoms with Crippen molar-refractivity contribution in [2.24, 2.45) is 4.99 Å². The fraction of sp³-hybridized carbons (Fsp3) is 0.214. The third kappa shape index (κ3) is 2.69. The molecule has 1 heterocycles. The Balaban J connectivity index is 2.26. The van der Waals surface area contributed by atoms with Gasteiger partial charge in [0, 0.05) is 5.56 Å². The number of aromatic hydroxyl groups is 1. The van der Waals surface area contributed by atoms with E-state index in [0.29, 0.717) is 11.4 Å². The summed E-state index contributed by atoms with van der Waals surface area (Å²) < 4.78 is 4.53. The molecule has 0 radical (unpaired) electrons. The molecule has 0 saturated heterocycles. The van der Waals surface area contributed by atoms with Crippen LogP contribution in [0.25, 0.3) is 6.08 Å². The van der Waals surface area contributed by atoms with Crippen molar-refractivity contribution >= 4 is 23.8 Å². The van der Waals surface area contributed by atoms with Gasteiger partial charge < -0.3 is 9.84 Å². The topological polar surface area (TPSA) is 79.2 Å². The van der Waals surface area contributed by atoms with Crippen LogP contribution in [0, 0.1) is 0 Å². The fourth-order valence-corrected chi connectivity index (χ4v) is 1.80. The van der Waals surface area contributed by atoms with Crippen molar-refractivity contribution in [2.75, 3.05) is 13.7 Å². The zero-order valence-electron chi connectivity index (χ0n) is 11.2. The van der Waals surface area contributed by atoms with Crippen molar-refractivity contribution < 1.29 is 19.4 Å². The van der Waals surface area contributed by atoms with E-state index in [1.165, 1.54) is 24.2 Å². The maximum Gasteiger partial charge on any atom is 0.325 e. The Labute approximate surface area is 116 Å². The standard InChI is InChI=1S/C14H14N2O4/c1-9-15-11(7-10-5-3-4-6-12(10)17)14(19)16(9)8-13(18)20-2/h3-7,17H,8H2,1-2H3/b11-7-. The Morgan fingerprint density at radius 2 is 2.15 bits per heavy atom. The molecule has 2 rings (SSSR count). The molecule has 6 nitrogen and oxygen atoms in total. The van der Waals surface area contributed by atoms with E-state index in [4.69, 9.17) is 0 Å². The molecule has 6 heteroatoms. The van der Waals surface area contributed by atoms with Gasteiger partial charge in [-0.2, -0.15) is 0 Å².